The Kier molecular flexibility index (Phi) is 3.15. The minimum Gasteiger partial charge on any atom is -0.432 e. The van der Waals surface area contributed by atoms with Crippen LogP contribution in [0.5, 0.6) is 0 Å². The van der Waals surface area contributed by atoms with Gasteiger partial charge < -0.3 is 4.42 Å². The maximum Gasteiger partial charge on any atom is 0.416 e. The van der Waals surface area contributed by atoms with E-state index in [1.165, 1.54) is 24.3 Å². The van der Waals surface area contributed by atoms with Crippen molar-refractivity contribution in [2.24, 2.45) is 0 Å². The first-order chi connectivity index (χ1) is 11.9. The van der Waals surface area contributed by atoms with Crippen molar-refractivity contribution < 1.29 is 27.2 Å². The number of rotatable bonds is 1. The number of ketones is 2. The van der Waals surface area contributed by atoms with Crippen LogP contribution in [0.2, 0.25) is 0 Å². The second-order valence-electron chi connectivity index (χ2n) is 5.48. The van der Waals surface area contributed by atoms with Gasteiger partial charge in [-0.3, -0.25) is 9.59 Å². The van der Waals surface area contributed by atoms with Crippen molar-refractivity contribution in [1.82, 2.24) is 4.98 Å². The Balaban J connectivity index is 1.78. The number of carbonyl (C=O) groups excluding carboxylic acids is 2. The largest absolute Gasteiger partial charge is 0.432 e. The fourth-order valence-electron chi connectivity index (χ4n) is 2.68. The molecule has 4 nitrogen and oxygen atoms in total. The van der Waals surface area contributed by atoms with E-state index in [1.807, 2.05) is 0 Å². The van der Waals surface area contributed by atoms with Crippen molar-refractivity contribution in [1.29, 1.82) is 0 Å². The lowest BCUT2D eigenvalue weighted by atomic mass is 9.91. The number of hydrogen-bond donors (Lipinski definition) is 0. The van der Waals surface area contributed by atoms with E-state index in [9.17, 15) is 22.8 Å². The highest BCUT2D eigenvalue weighted by atomic mass is 19.4. The minimum atomic E-state index is -4.46. The van der Waals surface area contributed by atoms with Gasteiger partial charge in [0.05, 0.1) is 5.56 Å². The van der Waals surface area contributed by atoms with E-state index in [2.05, 4.69) is 4.98 Å². The summed E-state index contributed by atoms with van der Waals surface area (Å²) in [6, 6.07) is 10.4. The fourth-order valence-corrected chi connectivity index (χ4v) is 2.68. The number of halogens is 3. The predicted molar refractivity (Wildman–Crippen MR) is 80.2 cm³/mol. The summed E-state index contributed by atoms with van der Waals surface area (Å²) in [6.45, 7) is 0. The van der Waals surface area contributed by atoms with Crippen LogP contribution in [-0.4, -0.2) is 16.6 Å². The molecule has 25 heavy (non-hydrogen) atoms. The van der Waals surface area contributed by atoms with Gasteiger partial charge in [0.25, 0.3) is 0 Å². The SMILES string of the molecule is O=C1c2ccccc2C(=O)c2oc(-c3ccc(C(F)(F)F)cc3)nc21. The van der Waals surface area contributed by atoms with E-state index in [0.29, 0.717) is 0 Å². The molecule has 7 heteroatoms. The van der Waals surface area contributed by atoms with Crippen LogP contribution in [0, 0.1) is 0 Å². The number of oxazole rings is 1. The summed E-state index contributed by atoms with van der Waals surface area (Å²) in [4.78, 5) is 28.9. The van der Waals surface area contributed by atoms with E-state index in [0.717, 1.165) is 12.1 Å². The summed E-state index contributed by atoms with van der Waals surface area (Å²) in [5.74, 6) is -1.20. The maximum absolute atomic E-state index is 12.6. The van der Waals surface area contributed by atoms with E-state index < -0.39 is 23.3 Å². The zero-order valence-corrected chi connectivity index (χ0v) is 12.4. The Bertz CT molecular complexity index is 964. The number of nitrogens with zero attached hydrogens (tertiary/aromatic N) is 1. The summed E-state index contributed by atoms with van der Waals surface area (Å²) in [5, 5.41) is 0. The second-order valence-corrected chi connectivity index (χ2v) is 5.48. The predicted octanol–water partition coefficient (Wildman–Crippen LogP) is 4.14. The van der Waals surface area contributed by atoms with Crippen molar-refractivity contribution >= 4 is 11.6 Å². The molecule has 0 N–H and O–H groups in total. The third kappa shape index (κ3) is 2.36. The van der Waals surface area contributed by atoms with Crippen LogP contribution in [0.1, 0.15) is 37.7 Å². The molecule has 1 heterocycles. The monoisotopic (exact) mass is 343 g/mol. The molecule has 1 aromatic heterocycles. The summed E-state index contributed by atoms with van der Waals surface area (Å²) >= 11 is 0. The molecule has 1 aliphatic rings. The zero-order chi connectivity index (χ0) is 17.8. The van der Waals surface area contributed by atoms with Crippen LogP contribution in [-0.2, 0) is 6.18 Å². The summed E-state index contributed by atoms with van der Waals surface area (Å²) in [5.41, 5.74) is -0.250. The van der Waals surface area contributed by atoms with E-state index in [4.69, 9.17) is 4.42 Å². The Morgan fingerprint density at radius 3 is 2.04 bits per heavy atom. The molecule has 124 valence electrons. The van der Waals surface area contributed by atoms with Gasteiger partial charge in [-0.05, 0) is 24.3 Å². The Morgan fingerprint density at radius 2 is 1.44 bits per heavy atom. The van der Waals surface area contributed by atoms with Gasteiger partial charge in [0.2, 0.25) is 23.2 Å². The number of benzene rings is 2. The van der Waals surface area contributed by atoms with E-state index in [-0.39, 0.29) is 34.0 Å². The lowest BCUT2D eigenvalue weighted by Gasteiger charge is -2.10. The molecule has 2 aromatic carbocycles. The van der Waals surface area contributed by atoms with E-state index >= 15 is 0 Å². The molecule has 4 rings (SSSR count). The molecule has 0 atom stereocenters. The number of aromatic nitrogens is 1. The maximum atomic E-state index is 12.6. The molecule has 0 radical (unpaired) electrons. The van der Waals surface area contributed by atoms with E-state index in [1.54, 1.807) is 12.1 Å². The van der Waals surface area contributed by atoms with Crippen molar-refractivity contribution in [3.63, 3.8) is 0 Å². The molecule has 1 aliphatic carbocycles. The Labute approximate surface area is 138 Å². The highest BCUT2D eigenvalue weighted by Gasteiger charge is 2.35. The van der Waals surface area contributed by atoms with Crippen LogP contribution in [0.25, 0.3) is 11.5 Å². The molecule has 0 aliphatic heterocycles. The fraction of sp³-hybridized carbons (Fsp3) is 0.0556. The molecule has 0 saturated heterocycles. The average Bonchev–Trinajstić information content (AvgIpc) is 3.05. The van der Waals surface area contributed by atoms with Gasteiger partial charge in [-0.2, -0.15) is 13.2 Å². The molecule has 0 spiro atoms. The first kappa shape index (κ1) is 15.3. The Morgan fingerprint density at radius 1 is 0.840 bits per heavy atom. The lowest BCUT2D eigenvalue weighted by molar-refractivity contribution is -0.137. The van der Waals surface area contributed by atoms with Gasteiger partial charge in [-0.1, -0.05) is 24.3 Å². The van der Waals surface area contributed by atoms with Gasteiger partial charge in [0, 0.05) is 16.7 Å². The summed E-state index contributed by atoms with van der Waals surface area (Å²) in [7, 11) is 0. The lowest BCUT2D eigenvalue weighted by Crippen LogP contribution is -2.19. The van der Waals surface area contributed by atoms with Crippen molar-refractivity contribution in [2.75, 3.05) is 0 Å². The second kappa shape index (κ2) is 5.14. The minimum absolute atomic E-state index is 0.0757. The number of alkyl halides is 3. The van der Waals surface area contributed by atoms with Crippen LogP contribution in [0.3, 0.4) is 0 Å². The summed E-state index contributed by atoms with van der Waals surface area (Å²) < 4.78 is 43.3. The third-order valence-corrected chi connectivity index (χ3v) is 3.92. The van der Waals surface area contributed by atoms with Crippen LogP contribution < -0.4 is 0 Å². The molecule has 0 saturated carbocycles. The van der Waals surface area contributed by atoms with Crippen molar-refractivity contribution in [3.05, 3.63) is 76.7 Å². The van der Waals surface area contributed by atoms with Crippen LogP contribution in [0.4, 0.5) is 13.2 Å². The van der Waals surface area contributed by atoms with Gasteiger partial charge in [-0.25, -0.2) is 4.98 Å². The average molecular weight is 343 g/mol. The highest BCUT2D eigenvalue weighted by Crippen LogP contribution is 2.33. The number of carbonyl (C=O) groups is 2. The first-order valence-corrected chi connectivity index (χ1v) is 7.23. The summed E-state index contributed by atoms with van der Waals surface area (Å²) in [6.07, 6.45) is -4.46. The molecule has 0 bridgehead atoms. The van der Waals surface area contributed by atoms with Gasteiger partial charge in [-0.15, -0.1) is 0 Å². The topological polar surface area (TPSA) is 60.2 Å². The van der Waals surface area contributed by atoms with Crippen molar-refractivity contribution in [2.45, 2.75) is 6.18 Å². The molecule has 3 aromatic rings. The smallest absolute Gasteiger partial charge is 0.416 e. The zero-order valence-electron chi connectivity index (χ0n) is 12.4. The first-order valence-electron chi connectivity index (χ1n) is 7.23. The highest BCUT2D eigenvalue weighted by molar-refractivity contribution is 6.26. The standard InChI is InChI=1S/C18H8F3NO3/c19-18(20,21)10-7-5-9(6-8-10)17-22-13-14(23)11-3-1-2-4-12(11)15(24)16(13)25-17/h1-8H. The normalized spacial score (nSPS) is 13.6. The van der Waals surface area contributed by atoms with Crippen molar-refractivity contribution in [3.8, 4) is 11.5 Å². The van der Waals surface area contributed by atoms with Gasteiger partial charge >= 0.3 is 6.18 Å². The Hall–Kier alpha value is -3.22. The molecule has 0 fully saturated rings. The molecule has 0 amide bonds. The van der Waals surface area contributed by atoms with Gasteiger partial charge in [0.15, 0.2) is 5.69 Å². The number of hydrogen-bond acceptors (Lipinski definition) is 4. The van der Waals surface area contributed by atoms with Crippen LogP contribution in [0.15, 0.2) is 52.9 Å². The van der Waals surface area contributed by atoms with Crippen LogP contribution >= 0.6 is 0 Å². The molecular formula is C18H8F3NO3. The molecule has 0 unspecified atom stereocenters. The third-order valence-electron chi connectivity index (χ3n) is 3.92. The van der Waals surface area contributed by atoms with Gasteiger partial charge in [0.1, 0.15) is 0 Å². The quantitative estimate of drug-likeness (QED) is 0.521. The molecular weight excluding hydrogens is 335 g/mol. The number of fused-ring (bicyclic) bond motifs is 2.